The molecule has 1 heterocycles. The highest BCUT2D eigenvalue weighted by Crippen LogP contribution is 2.33. The number of nitrogens with one attached hydrogen (secondary N) is 1. The first-order chi connectivity index (χ1) is 10.3. The van der Waals surface area contributed by atoms with E-state index in [9.17, 15) is 4.79 Å². The maximum atomic E-state index is 12.2. The number of aryl methyl sites for hydroxylation is 1. The standard InChI is InChI=1S/C17H24N2OS/c1-2-12-8-9-15-13(10-12)11-16(21-15)17(20)19-18-14-6-4-3-5-7-14/h11-12H,2-10H2,1H3,(H,19,20). The van der Waals surface area contributed by atoms with Gasteiger partial charge in [0, 0.05) is 10.6 Å². The molecule has 0 saturated heterocycles. The van der Waals surface area contributed by atoms with Crippen molar-refractivity contribution in [2.75, 3.05) is 0 Å². The van der Waals surface area contributed by atoms with Gasteiger partial charge < -0.3 is 0 Å². The molecule has 1 fully saturated rings. The van der Waals surface area contributed by atoms with Crippen molar-refractivity contribution >= 4 is 23.0 Å². The molecule has 21 heavy (non-hydrogen) atoms. The normalized spacial score (nSPS) is 21.8. The van der Waals surface area contributed by atoms with Gasteiger partial charge >= 0.3 is 0 Å². The number of amides is 1. The third-order valence-electron chi connectivity index (χ3n) is 4.73. The van der Waals surface area contributed by atoms with Crippen LogP contribution in [0, 0.1) is 5.92 Å². The zero-order chi connectivity index (χ0) is 14.7. The number of rotatable bonds is 3. The van der Waals surface area contributed by atoms with E-state index in [4.69, 9.17) is 0 Å². The van der Waals surface area contributed by atoms with Crippen LogP contribution >= 0.6 is 11.3 Å². The van der Waals surface area contributed by atoms with Crippen molar-refractivity contribution in [1.29, 1.82) is 0 Å². The first kappa shape index (κ1) is 14.8. The average molecular weight is 304 g/mol. The molecule has 1 saturated carbocycles. The van der Waals surface area contributed by atoms with E-state index in [0.29, 0.717) is 0 Å². The summed E-state index contributed by atoms with van der Waals surface area (Å²) >= 11 is 1.66. The van der Waals surface area contributed by atoms with Gasteiger partial charge in [-0.15, -0.1) is 11.3 Å². The van der Waals surface area contributed by atoms with Crippen LogP contribution in [0.2, 0.25) is 0 Å². The Morgan fingerprint density at radius 1 is 1.33 bits per heavy atom. The predicted molar refractivity (Wildman–Crippen MR) is 88.1 cm³/mol. The molecule has 1 N–H and O–H groups in total. The number of fused-ring (bicyclic) bond motifs is 1. The highest BCUT2D eigenvalue weighted by molar-refractivity contribution is 7.14. The number of nitrogens with zero attached hydrogens (tertiary/aromatic N) is 1. The summed E-state index contributed by atoms with van der Waals surface area (Å²) in [4.78, 5) is 14.5. The van der Waals surface area contributed by atoms with Gasteiger partial charge in [-0.3, -0.25) is 4.79 Å². The van der Waals surface area contributed by atoms with Crippen LogP contribution in [0.25, 0.3) is 0 Å². The molecule has 4 heteroatoms. The summed E-state index contributed by atoms with van der Waals surface area (Å²) in [6, 6.07) is 2.10. The molecule has 2 aliphatic rings. The highest BCUT2D eigenvalue weighted by Gasteiger charge is 2.22. The van der Waals surface area contributed by atoms with Gasteiger partial charge in [0.25, 0.3) is 5.91 Å². The van der Waals surface area contributed by atoms with E-state index in [1.54, 1.807) is 11.3 Å². The molecule has 1 aromatic rings. The van der Waals surface area contributed by atoms with E-state index in [0.717, 1.165) is 42.2 Å². The molecule has 1 aromatic heterocycles. The molecule has 0 aliphatic heterocycles. The van der Waals surface area contributed by atoms with E-state index in [2.05, 4.69) is 23.5 Å². The molecule has 0 aromatic carbocycles. The number of hydrazone groups is 1. The Kier molecular flexibility index (Phi) is 4.73. The molecular formula is C17H24N2OS. The topological polar surface area (TPSA) is 41.5 Å². The second-order valence-corrected chi connectivity index (χ2v) is 7.39. The van der Waals surface area contributed by atoms with E-state index < -0.39 is 0 Å². The Hall–Kier alpha value is -1.16. The first-order valence-electron chi connectivity index (χ1n) is 8.23. The lowest BCUT2D eigenvalue weighted by atomic mass is 9.87. The van der Waals surface area contributed by atoms with Crippen LogP contribution in [0.15, 0.2) is 11.2 Å². The van der Waals surface area contributed by atoms with Gasteiger partial charge in [0.15, 0.2) is 0 Å². The van der Waals surface area contributed by atoms with Crippen molar-refractivity contribution in [2.45, 2.75) is 64.7 Å². The third kappa shape index (κ3) is 3.54. The van der Waals surface area contributed by atoms with Gasteiger partial charge in [-0.2, -0.15) is 5.10 Å². The minimum Gasteiger partial charge on any atom is -0.266 e. The van der Waals surface area contributed by atoms with Crippen LogP contribution in [-0.4, -0.2) is 11.6 Å². The molecule has 0 radical (unpaired) electrons. The fraction of sp³-hybridized carbons (Fsp3) is 0.647. The lowest BCUT2D eigenvalue weighted by Crippen LogP contribution is -2.19. The van der Waals surface area contributed by atoms with Gasteiger partial charge in [-0.25, -0.2) is 5.43 Å². The number of thiophene rings is 1. The van der Waals surface area contributed by atoms with Crippen LogP contribution in [-0.2, 0) is 12.8 Å². The minimum absolute atomic E-state index is 0.0273. The van der Waals surface area contributed by atoms with Crippen LogP contribution < -0.4 is 5.43 Å². The molecule has 114 valence electrons. The fourth-order valence-electron chi connectivity index (χ4n) is 3.32. The van der Waals surface area contributed by atoms with Crippen LogP contribution in [0.5, 0.6) is 0 Å². The molecule has 1 unspecified atom stereocenters. The Morgan fingerprint density at radius 3 is 2.90 bits per heavy atom. The summed E-state index contributed by atoms with van der Waals surface area (Å²) in [5.74, 6) is 0.769. The monoisotopic (exact) mass is 304 g/mol. The maximum Gasteiger partial charge on any atom is 0.281 e. The van der Waals surface area contributed by atoms with Crippen LogP contribution in [0.4, 0.5) is 0 Å². The SMILES string of the molecule is CCC1CCc2sc(C(=O)NN=C3CCCCC3)cc2C1. The smallest absolute Gasteiger partial charge is 0.266 e. The second-order valence-electron chi connectivity index (χ2n) is 6.26. The van der Waals surface area contributed by atoms with E-state index in [1.807, 2.05) is 0 Å². The largest absolute Gasteiger partial charge is 0.281 e. The lowest BCUT2D eigenvalue weighted by Gasteiger charge is -2.19. The Morgan fingerprint density at radius 2 is 2.14 bits per heavy atom. The summed E-state index contributed by atoms with van der Waals surface area (Å²) < 4.78 is 0. The highest BCUT2D eigenvalue weighted by atomic mass is 32.1. The van der Waals surface area contributed by atoms with E-state index in [1.165, 1.54) is 42.5 Å². The van der Waals surface area contributed by atoms with Gasteiger partial charge in [0.1, 0.15) is 0 Å². The molecule has 3 rings (SSSR count). The number of hydrogen-bond donors (Lipinski definition) is 1. The molecule has 3 nitrogen and oxygen atoms in total. The van der Waals surface area contributed by atoms with Crippen molar-refractivity contribution in [3.05, 3.63) is 21.4 Å². The van der Waals surface area contributed by atoms with Crippen LogP contribution in [0.3, 0.4) is 0 Å². The zero-order valence-electron chi connectivity index (χ0n) is 12.8. The quantitative estimate of drug-likeness (QED) is 0.830. The van der Waals surface area contributed by atoms with E-state index in [-0.39, 0.29) is 5.91 Å². The summed E-state index contributed by atoms with van der Waals surface area (Å²) in [6.45, 7) is 2.26. The van der Waals surface area contributed by atoms with Crippen molar-refractivity contribution in [2.24, 2.45) is 11.0 Å². The molecule has 0 spiro atoms. The van der Waals surface area contributed by atoms with E-state index >= 15 is 0 Å². The Labute approximate surface area is 130 Å². The lowest BCUT2D eigenvalue weighted by molar-refractivity contribution is 0.0958. The van der Waals surface area contributed by atoms with Crippen molar-refractivity contribution < 1.29 is 4.79 Å². The van der Waals surface area contributed by atoms with Gasteiger partial charge in [0.05, 0.1) is 4.88 Å². The van der Waals surface area contributed by atoms with Crippen LogP contribution in [0.1, 0.15) is 72.0 Å². The second kappa shape index (κ2) is 6.73. The summed E-state index contributed by atoms with van der Waals surface area (Å²) in [5, 5.41) is 4.32. The Bertz CT molecular complexity index is 539. The number of carbonyl (C=O) groups is 1. The summed E-state index contributed by atoms with van der Waals surface area (Å²) in [5.41, 5.74) is 5.31. The summed E-state index contributed by atoms with van der Waals surface area (Å²) in [6.07, 6.45) is 10.6. The molecule has 1 atom stereocenters. The van der Waals surface area contributed by atoms with Gasteiger partial charge in [-0.05, 0) is 62.5 Å². The maximum absolute atomic E-state index is 12.2. The van der Waals surface area contributed by atoms with Crippen molar-refractivity contribution in [3.63, 3.8) is 0 Å². The molecule has 2 aliphatic carbocycles. The zero-order valence-corrected chi connectivity index (χ0v) is 13.6. The Balaban J connectivity index is 1.64. The van der Waals surface area contributed by atoms with Crippen molar-refractivity contribution in [1.82, 2.24) is 5.43 Å². The minimum atomic E-state index is -0.0273. The molecular weight excluding hydrogens is 280 g/mol. The molecule has 1 amide bonds. The predicted octanol–water partition coefficient (Wildman–Crippen LogP) is 4.31. The number of carbonyl (C=O) groups excluding carboxylic acids is 1. The fourth-order valence-corrected chi connectivity index (χ4v) is 4.41. The molecule has 0 bridgehead atoms. The van der Waals surface area contributed by atoms with Crippen molar-refractivity contribution in [3.8, 4) is 0 Å². The third-order valence-corrected chi connectivity index (χ3v) is 5.97. The summed E-state index contributed by atoms with van der Waals surface area (Å²) in [7, 11) is 0. The number of hydrogen-bond acceptors (Lipinski definition) is 3. The van der Waals surface area contributed by atoms with Gasteiger partial charge in [0.2, 0.25) is 0 Å². The average Bonchev–Trinajstić information content (AvgIpc) is 2.96. The first-order valence-corrected chi connectivity index (χ1v) is 9.05. The van der Waals surface area contributed by atoms with Gasteiger partial charge in [-0.1, -0.05) is 19.8 Å².